The van der Waals surface area contributed by atoms with Gasteiger partial charge in [-0.15, -0.1) is 0 Å². The highest BCUT2D eigenvalue weighted by molar-refractivity contribution is 7.92. The van der Waals surface area contributed by atoms with Gasteiger partial charge in [0.2, 0.25) is 0 Å². The molecule has 5 heteroatoms. The van der Waals surface area contributed by atoms with Crippen molar-refractivity contribution >= 4 is 9.84 Å². The monoisotopic (exact) mass is 285 g/mol. The van der Waals surface area contributed by atoms with Crippen LogP contribution >= 0.6 is 0 Å². The van der Waals surface area contributed by atoms with Crippen LogP contribution in [0.4, 0.5) is 0 Å². The molecule has 1 rings (SSSR count). The van der Waals surface area contributed by atoms with E-state index in [0.29, 0.717) is 11.3 Å². The van der Waals surface area contributed by atoms with E-state index in [0.717, 1.165) is 0 Å². The van der Waals surface area contributed by atoms with Crippen molar-refractivity contribution in [3.05, 3.63) is 29.8 Å². The molecule has 0 radical (unpaired) electrons. The average Bonchev–Trinajstić information content (AvgIpc) is 2.26. The van der Waals surface area contributed by atoms with Crippen LogP contribution < -0.4 is 10.5 Å². The molecule has 0 fully saturated rings. The molecule has 4 nitrogen and oxygen atoms in total. The SMILES string of the molecule is CC(C)Oc1ccccc1C(N)C(C)(C)S(C)(=O)=O. The van der Waals surface area contributed by atoms with Gasteiger partial charge in [-0.05, 0) is 33.8 Å². The van der Waals surface area contributed by atoms with Crippen LogP contribution in [0.5, 0.6) is 5.75 Å². The molecule has 1 aromatic rings. The second kappa shape index (κ2) is 5.51. The first-order valence-corrected chi connectivity index (χ1v) is 8.17. The van der Waals surface area contributed by atoms with E-state index in [9.17, 15) is 8.42 Å². The first kappa shape index (κ1) is 16.0. The van der Waals surface area contributed by atoms with Crippen LogP contribution in [0.25, 0.3) is 0 Å². The second-order valence-corrected chi connectivity index (χ2v) is 8.15. The molecule has 1 unspecified atom stereocenters. The van der Waals surface area contributed by atoms with Gasteiger partial charge < -0.3 is 10.5 Å². The van der Waals surface area contributed by atoms with Gasteiger partial charge >= 0.3 is 0 Å². The third-order valence-corrected chi connectivity index (χ3v) is 5.49. The molecular formula is C14H23NO3S. The Labute approximate surface area is 115 Å². The number of hydrogen-bond acceptors (Lipinski definition) is 4. The van der Waals surface area contributed by atoms with Crippen molar-refractivity contribution in [1.29, 1.82) is 0 Å². The van der Waals surface area contributed by atoms with Crippen LogP contribution in [0.1, 0.15) is 39.3 Å². The first-order valence-electron chi connectivity index (χ1n) is 6.28. The van der Waals surface area contributed by atoms with Crippen LogP contribution in [0, 0.1) is 0 Å². The van der Waals surface area contributed by atoms with Crippen molar-refractivity contribution in [2.75, 3.05) is 6.26 Å². The molecule has 0 saturated heterocycles. The minimum atomic E-state index is -3.28. The van der Waals surface area contributed by atoms with Crippen molar-refractivity contribution < 1.29 is 13.2 Å². The van der Waals surface area contributed by atoms with Gasteiger partial charge in [0.25, 0.3) is 0 Å². The molecule has 1 aromatic carbocycles. The summed E-state index contributed by atoms with van der Waals surface area (Å²) in [7, 11) is -3.28. The normalized spacial score (nSPS) is 14.5. The van der Waals surface area contributed by atoms with Gasteiger partial charge in [-0.2, -0.15) is 0 Å². The van der Waals surface area contributed by atoms with Crippen LogP contribution in [-0.4, -0.2) is 25.5 Å². The molecule has 0 saturated carbocycles. The van der Waals surface area contributed by atoms with E-state index in [1.807, 2.05) is 38.1 Å². The standard InChI is InChI=1S/C14H23NO3S/c1-10(2)18-12-9-7-6-8-11(12)13(15)14(3,4)19(5,16)17/h6-10,13H,15H2,1-5H3. The fourth-order valence-corrected chi connectivity index (χ4v) is 2.29. The highest BCUT2D eigenvalue weighted by Crippen LogP contribution is 2.35. The summed E-state index contributed by atoms with van der Waals surface area (Å²) in [5, 5.41) is 0. The maximum atomic E-state index is 11.9. The number of para-hydroxylation sites is 1. The minimum Gasteiger partial charge on any atom is -0.491 e. The largest absolute Gasteiger partial charge is 0.491 e. The van der Waals surface area contributed by atoms with Gasteiger partial charge in [-0.1, -0.05) is 18.2 Å². The van der Waals surface area contributed by atoms with Crippen molar-refractivity contribution in [2.45, 2.75) is 44.6 Å². The molecule has 0 spiro atoms. The lowest BCUT2D eigenvalue weighted by atomic mass is 9.95. The predicted molar refractivity (Wildman–Crippen MR) is 78.1 cm³/mol. The van der Waals surface area contributed by atoms with E-state index in [2.05, 4.69) is 0 Å². The zero-order valence-corrected chi connectivity index (χ0v) is 13.0. The van der Waals surface area contributed by atoms with E-state index < -0.39 is 20.6 Å². The maximum absolute atomic E-state index is 11.9. The second-order valence-electron chi connectivity index (χ2n) is 5.56. The molecule has 108 valence electrons. The quantitative estimate of drug-likeness (QED) is 0.901. The summed E-state index contributed by atoms with van der Waals surface area (Å²) >= 11 is 0. The number of hydrogen-bond donors (Lipinski definition) is 1. The van der Waals surface area contributed by atoms with Crippen LogP contribution in [0.3, 0.4) is 0 Å². The number of ether oxygens (including phenoxy) is 1. The smallest absolute Gasteiger partial charge is 0.154 e. The van der Waals surface area contributed by atoms with E-state index in [1.54, 1.807) is 13.8 Å². The molecular weight excluding hydrogens is 262 g/mol. The van der Waals surface area contributed by atoms with Gasteiger partial charge in [0.15, 0.2) is 9.84 Å². The van der Waals surface area contributed by atoms with Crippen LogP contribution in [0.15, 0.2) is 24.3 Å². The molecule has 1 atom stereocenters. The Hall–Kier alpha value is -1.07. The molecule has 0 aromatic heterocycles. The summed E-state index contributed by atoms with van der Waals surface area (Å²) in [5.74, 6) is 0.640. The average molecular weight is 285 g/mol. The highest BCUT2D eigenvalue weighted by atomic mass is 32.2. The van der Waals surface area contributed by atoms with Crippen molar-refractivity contribution in [3.8, 4) is 5.75 Å². The Kier molecular flexibility index (Phi) is 4.63. The minimum absolute atomic E-state index is 0.00898. The summed E-state index contributed by atoms with van der Waals surface area (Å²) in [4.78, 5) is 0. The lowest BCUT2D eigenvalue weighted by molar-refractivity contribution is 0.237. The Bertz CT molecular complexity index is 535. The Morgan fingerprint density at radius 1 is 1.21 bits per heavy atom. The van der Waals surface area contributed by atoms with Crippen molar-refractivity contribution in [1.82, 2.24) is 0 Å². The summed E-state index contributed by atoms with van der Waals surface area (Å²) in [5.41, 5.74) is 6.89. The number of benzene rings is 1. The summed E-state index contributed by atoms with van der Waals surface area (Å²) in [6.45, 7) is 7.12. The highest BCUT2D eigenvalue weighted by Gasteiger charge is 2.38. The predicted octanol–water partition coefficient (Wildman–Crippen LogP) is 2.30. The lowest BCUT2D eigenvalue weighted by Gasteiger charge is -2.31. The third-order valence-electron chi connectivity index (χ3n) is 3.32. The topological polar surface area (TPSA) is 69.4 Å². The van der Waals surface area contributed by atoms with Gasteiger partial charge in [0.1, 0.15) is 5.75 Å². The fourth-order valence-electron chi connectivity index (χ4n) is 1.70. The zero-order chi connectivity index (χ0) is 14.8. The lowest BCUT2D eigenvalue weighted by Crippen LogP contribution is -2.42. The zero-order valence-electron chi connectivity index (χ0n) is 12.2. The molecule has 0 heterocycles. The number of nitrogens with two attached hydrogens (primary N) is 1. The van der Waals surface area contributed by atoms with E-state index in [-0.39, 0.29) is 6.10 Å². The van der Waals surface area contributed by atoms with Crippen LogP contribution in [-0.2, 0) is 9.84 Å². The third kappa shape index (κ3) is 3.48. The van der Waals surface area contributed by atoms with E-state index in [4.69, 9.17) is 10.5 Å². The Morgan fingerprint density at radius 3 is 2.21 bits per heavy atom. The van der Waals surface area contributed by atoms with Gasteiger partial charge in [0, 0.05) is 11.8 Å². The van der Waals surface area contributed by atoms with Gasteiger partial charge in [-0.25, -0.2) is 8.42 Å². The molecule has 2 N–H and O–H groups in total. The summed E-state index contributed by atoms with van der Waals surface area (Å²) < 4.78 is 28.4. The maximum Gasteiger partial charge on any atom is 0.154 e. The molecule has 0 bridgehead atoms. The van der Waals surface area contributed by atoms with Crippen molar-refractivity contribution in [2.24, 2.45) is 5.73 Å². The fraction of sp³-hybridized carbons (Fsp3) is 0.571. The number of rotatable bonds is 5. The number of sulfone groups is 1. The van der Waals surface area contributed by atoms with Gasteiger partial charge in [-0.3, -0.25) is 0 Å². The Balaban J connectivity index is 3.23. The summed E-state index contributed by atoms with van der Waals surface area (Å²) in [6.07, 6.45) is 1.22. The van der Waals surface area contributed by atoms with Gasteiger partial charge in [0.05, 0.1) is 16.9 Å². The first-order chi connectivity index (χ1) is 8.57. The Morgan fingerprint density at radius 2 is 1.74 bits per heavy atom. The molecule has 0 aliphatic carbocycles. The molecule has 0 aliphatic heterocycles. The molecule has 0 aliphatic rings. The summed E-state index contributed by atoms with van der Waals surface area (Å²) in [6, 6.07) is 6.67. The van der Waals surface area contributed by atoms with Crippen molar-refractivity contribution in [3.63, 3.8) is 0 Å². The van der Waals surface area contributed by atoms with Crippen LogP contribution in [0.2, 0.25) is 0 Å². The van der Waals surface area contributed by atoms with E-state index in [1.165, 1.54) is 6.26 Å². The molecule has 0 amide bonds. The van der Waals surface area contributed by atoms with E-state index >= 15 is 0 Å². The molecule has 19 heavy (non-hydrogen) atoms.